The summed E-state index contributed by atoms with van der Waals surface area (Å²) in [5.74, 6) is 0.731. The number of carbonyl (C=O) groups excluding carboxylic acids is 1. The highest BCUT2D eigenvalue weighted by molar-refractivity contribution is 5.79. The number of likely N-dealkylation sites (tertiary alicyclic amines) is 1. The van der Waals surface area contributed by atoms with E-state index in [1.807, 2.05) is 0 Å². The summed E-state index contributed by atoms with van der Waals surface area (Å²) in [6.07, 6.45) is 3.40. The highest BCUT2D eigenvalue weighted by atomic mass is 16.2. The molecule has 0 radical (unpaired) electrons. The van der Waals surface area contributed by atoms with Gasteiger partial charge in [0.05, 0.1) is 0 Å². The molecule has 4 nitrogen and oxygen atoms in total. The second kappa shape index (κ2) is 4.25. The predicted molar refractivity (Wildman–Crippen MR) is 66.8 cm³/mol. The number of piperidine rings is 2. The van der Waals surface area contributed by atoms with E-state index in [9.17, 15) is 4.79 Å². The highest BCUT2D eigenvalue weighted by Gasteiger charge is 2.44. The number of piperazine rings is 1. The minimum absolute atomic E-state index is 0.300. The summed E-state index contributed by atoms with van der Waals surface area (Å²) < 4.78 is 0. The molecule has 4 aliphatic rings. The van der Waals surface area contributed by atoms with Crippen LogP contribution in [0.3, 0.4) is 0 Å². The second-order valence-electron chi connectivity index (χ2n) is 6.03. The SMILES string of the molecule is CN1CCC(C(=O)N2CC3CC(C2)N3C)CC1. The zero-order valence-corrected chi connectivity index (χ0v) is 10.9. The molecule has 0 aromatic rings. The van der Waals surface area contributed by atoms with Gasteiger partial charge in [-0.2, -0.15) is 0 Å². The van der Waals surface area contributed by atoms with Gasteiger partial charge in [0.25, 0.3) is 0 Å². The summed E-state index contributed by atoms with van der Waals surface area (Å²) in [6, 6.07) is 1.29. The van der Waals surface area contributed by atoms with Crippen molar-refractivity contribution in [2.24, 2.45) is 5.92 Å². The molecule has 4 heteroatoms. The van der Waals surface area contributed by atoms with Crippen LogP contribution in [0.25, 0.3) is 0 Å². The van der Waals surface area contributed by atoms with Crippen molar-refractivity contribution in [1.29, 1.82) is 0 Å². The molecule has 96 valence electrons. The van der Waals surface area contributed by atoms with Gasteiger partial charge < -0.3 is 9.80 Å². The maximum absolute atomic E-state index is 12.4. The first-order valence-corrected chi connectivity index (χ1v) is 6.84. The number of fused-ring (bicyclic) bond motifs is 2. The van der Waals surface area contributed by atoms with E-state index in [-0.39, 0.29) is 0 Å². The lowest BCUT2D eigenvalue weighted by Gasteiger charge is -2.55. The van der Waals surface area contributed by atoms with Gasteiger partial charge in [0.15, 0.2) is 0 Å². The first kappa shape index (κ1) is 11.5. The molecule has 4 saturated heterocycles. The first-order chi connectivity index (χ1) is 8.15. The number of rotatable bonds is 1. The summed E-state index contributed by atoms with van der Waals surface area (Å²) in [5, 5.41) is 0. The Morgan fingerprint density at radius 3 is 2.18 bits per heavy atom. The molecule has 0 spiro atoms. The molecular formula is C13H23N3O. The van der Waals surface area contributed by atoms with Gasteiger partial charge in [0.2, 0.25) is 5.91 Å². The zero-order valence-electron chi connectivity index (χ0n) is 10.9. The lowest BCUT2D eigenvalue weighted by atomic mass is 9.86. The number of nitrogens with zero attached hydrogens (tertiary/aromatic N) is 3. The van der Waals surface area contributed by atoms with Crippen LogP contribution in [-0.2, 0) is 4.79 Å². The van der Waals surface area contributed by atoms with Crippen molar-refractivity contribution in [3.63, 3.8) is 0 Å². The van der Waals surface area contributed by atoms with Crippen LogP contribution >= 0.6 is 0 Å². The van der Waals surface area contributed by atoms with Gasteiger partial charge in [-0.15, -0.1) is 0 Å². The molecule has 0 N–H and O–H groups in total. The number of hydrogen-bond donors (Lipinski definition) is 0. The van der Waals surface area contributed by atoms with Crippen LogP contribution in [0.5, 0.6) is 0 Å². The predicted octanol–water partition coefficient (Wildman–Crippen LogP) is 0.243. The normalized spacial score (nSPS) is 35.8. The molecule has 17 heavy (non-hydrogen) atoms. The third kappa shape index (κ3) is 1.97. The zero-order chi connectivity index (χ0) is 12.0. The van der Waals surface area contributed by atoms with E-state index in [4.69, 9.17) is 0 Å². The molecule has 4 fully saturated rings. The molecular weight excluding hydrogens is 214 g/mol. The standard InChI is InChI=1S/C13H23N3O/c1-14-5-3-10(4-6-14)13(17)16-8-11-7-12(9-16)15(11)2/h10-12H,3-9H2,1-2H3. The Kier molecular flexibility index (Phi) is 2.87. The Morgan fingerprint density at radius 1 is 1.06 bits per heavy atom. The molecule has 0 saturated carbocycles. The van der Waals surface area contributed by atoms with Gasteiger partial charge in [-0.05, 0) is 46.4 Å². The van der Waals surface area contributed by atoms with Gasteiger partial charge in [-0.1, -0.05) is 0 Å². The summed E-state index contributed by atoms with van der Waals surface area (Å²) in [7, 11) is 4.34. The van der Waals surface area contributed by atoms with E-state index in [0.717, 1.165) is 39.0 Å². The van der Waals surface area contributed by atoms with Crippen LogP contribution in [0.4, 0.5) is 0 Å². The fourth-order valence-corrected chi connectivity index (χ4v) is 3.49. The van der Waals surface area contributed by atoms with E-state index in [0.29, 0.717) is 23.9 Å². The lowest BCUT2D eigenvalue weighted by Crippen LogP contribution is -2.68. The average Bonchev–Trinajstić information content (AvgIpc) is 2.38. The van der Waals surface area contributed by atoms with Crippen LogP contribution in [0.2, 0.25) is 0 Å². The molecule has 4 heterocycles. The summed E-state index contributed by atoms with van der Waals surface area (Å²) in [6.45, 7) is 4.10. The van der Waals surface area contributed by atoms with Crippen molar-refractivity contribution in [2.45, 2.75) is 31.3 Å². The van der Waals surface area contributed by atoms with E-state index in [2.05, 4.69) is 28.8 Å². The summed E-state index contributed by atoms with van der Waals surface area (Å²) in [4.78, 5) is 19.3. The minimum atomic E-state index is 0.300. The van der Waals surface area contributed by atoms with Crippen LogP contribution in [0, 0.1) is 5.92 Å². The van der Waals surface area contributed by atoms with Crippen molar-refractivity contribution in [1.82, 2.24) is 14.7 Å². The lowest BCUT2D eigenvalue weighted by molar-refractivity contribution is -0.147. The maximum atomic E-state index is 12.4. The quantitative estimate of drug-likeness (QED) is 0.654. The average molecular weight is 237 g/mol. The molecule has 2 unspecified atom stereocenters. The fourth-order valence-electron chi connectivity index (χ4n) is 3.49. The van der Waals surface area contributed by atoms with E-state index in [1.54, 1.807) is 0 Å². The molecule has 0 aromatic heterocycles. The molecule has 4 rings (SSSR count). The maximum Gasteiger partial charge on any atom is 0.225 e. The van der Waals surface area contributed by atoms with Crippen molar-refractivity contribution in [3.8, 4) is 0 Å². The number of likely N-dealkylation sites (N-methyl/N-ethyl adjacent to an activating group) is 1. The smallest absolute Gasteiger partial charge is 0.225 e. The fraction of sp³-hybridized carbons (Fsp3) is 0.923. The third-order valence-electron chi connectivity index (χ3n) is 4.94. The van der Waals surface area contributed by atoms with E-state index in [1.165, 1.54) is 6.42 Å². The van der Waals surface area contributed by atoms with Crippen LogP contribution in [-0.4, -0.2) is 73.0 Å². The van der Waals surface area contributed by atoms with Gasteiger partial charge in [-0.3, -0.25) is 9.69 Å². The number of amides is 1. The molecule has 4 aliphatic heterocycles. The van der Waals surface area contributed by atoms with Crippen molar-refractivity contribution < 1.29 is 4.79 Å². The van der Waals surface area contributed by atoms with Gasteiger partial charge in [0, 0.05) is 31.1 Å². The second-order valence-corrected chi connectivity index (χ2v) is 6.03. The summed E-state index contributed by atoms with van der Waals surface area (Å²) >= 11 is 0. The van der Waals surface area contributed by atoms with Crippen molar-refractivity contribution in [2.75, 3.05) is 40.3 Å². The van der Waals surface area contributed by atoms with Crippen LogP contribution in [0.1, 0.15) is 19.3 Å². The monoisotopic (exact) mass is 237 g/mol. The Labute approximate surface area is 104 Å². The van der Waals surface area contributed by atoms with Crippen LogP contribution in [0.15, 0.2) is 0 Å². The molecule has 2 bridgehead atoms. The molecule has 0 aromatic carbocycles. The van der Waals surface area contributed by atoms with Gasteiger partial charge in [0.1, 0.15) is 0 Å². The molecule has 2 atom stereocenters. The Balaban J connectivity index is 1.56. The first-order valence-electron chi connectivity index (χ1n) is 6.84. The highest BCUT2D eigenvalue weighted by Crippen LogP contribution is 2.31. The minimum Gasteiger partial charge on any atom is -0.339 e. The van der Waals surface area contributed by atoms with Crippen molar-refractivity contribution >= 4 is 5.91 Å². The Bertz CT molecular complexity index is 300. The van der Waals surface area contributed by atoms with Crippen molar-refractivity contribution in [3.05, 3.63) is 0 Å². The van der Waals surface area contributed by atoms with Gasteiger partial charge >= 0.3 is 0 Å². The Morgan fingerprint density at radius 2 is 1.65 bits per heavy atom. The number of hydrogen-bond acceptors (Lipinski definition) is 3. The third-order valence-corrected chi connectivity index (χ3v) is 4.94. The molecule has 1 amide bonds. The van der Waals surface area contributed by atoms with Gasteiger partial charge in [-0.25, -0.2) is 0 Å². The summed E-state index contributed by atoms with van der Waals surface area (Å²) in [5.41, 5.74) is 0. The number of carbonyl (C=O) groups is 1. The largest absolute Gasteiger partial charge is 0.339 e. The topological polar surface area (TPSA) is 26.8 Å². The molecule has 0 aliphatic carbocycles. The van der Waals surface area contributed by atoms with E-state index >= 15 is 0 Å². The van der Waals surface area contributed by atoms with E-state index < -0.39 is 0 Å². The Hall–Kier alpha value is -0.610. The van der Waals surface area contributed by atoms with Crippen LogP contribution < -0.4 is 0 Å².